The lowest BCUT2D eigenvalue weighted by Crippen LogP contribution is -2.49. The maximum atomic E-state index is 12.5. The number of thiophene rings is 1. The summed E-state index contributed by atoms with van der Waals surface area (Å²) in [6, 6.07) is 4.26. The van der Waals surface area contributed by atoms with Crippen LogP contribution in [0.25, 0.3) is 0 Å². The van der Waals surface area contributed by atoms with E-state index in [1.54, 1.807) is 11.3 Å². The molecule has 1 amide bonds. The maximum absolute atomic E-state index is 12.5. The number of hydrogen-bond acceptors (Lipinski definition) is 4. The van der Waals surface area contributed by atoms with Crippen molar-refractivity contribution in [2.45, 2.75) is 26.2 Å². The Morgan fingerprint density at radius 2 is 2.05 bits per heavy atom. The molecule has 122 valence electrons. The molecule has 2 aliphatic rings. The fourth-order valence-electron chi connectivity index (χ4n) is 3.61. The van der Waals surface area contributed by atoms with Gasteiger partial charge in [0, 0.05) is 32.6 Å². The van der Waals surface area contributed by atoms with E-state index in [0.717, 1.165) is 51.6 Å². The molecule has 0 aromatic carbocycles. The molecule has 2 aliphatic heterocycles. The van der Waals surface area contributed by atoms with Gasteiger partial charge in [0.2, 0.25) is 5.91 Å². The highest BCUT2D eigenvalue weighted by molar-refractivity contribution is 7.14. The largest absolute Gasteiger partial charge is 0.360 e. The molecular weight excluding hydrogens is 294 g/mol. The summed E-state index contributed by atoms with van der Waals surface area (Å²) < 4.78 is 0. The second-order valence-electron chi connectivity index (χ2n) is 6.59. The molecule has 1 aromatic heterocycles. The highest BCUT2D eigenvalue weighted by Gasteiger charge is 2.26. The van der Waals surface area contributed by atoms with Crippen LogP contribution >= 0.6 is 11.3 Å². The molecule has 0 radical (unpaired) electrons. The molecule has 0 spiro atoms. The summed E-state index contributed by atoms with van der Waals surface area (Å²) in [6.07, 6.45) is 3.17. The molecule has 4 nitrogen and oxygen atoms in total. The molecule has 0 aliphatic carbocycles. The van der Waals surface area contributed by atoms with Crippen molar-refractivity contribution in [1.29, 1.82) is 0 Å². The first kappa shape index (κ1) is 15.8. The number of hydrogen-bond donors (Lipinski definition) is 1. The highest BCUT2D eigenvalue weighted by atomic mass is 32.1. The Hall–Kier alpha value is -1.07. The van der Waals surface area contributed by atoms with E-state index in [1.165, 1.54) is 17.8 Å². The third kappa shape index (κ3) is 3.82. The molecular formula is C17H27N3OS. The summed E-state index contributed by atoms with van der Waals surface area (Å²) in [5.41, 5.74) is 0. The van der Waals surface area contributed by atoms with E-state index in [9.17, 15) is 4.79 Å². The van der Waals surface area contributed by atoms with Crippen molar-refractivity contribution >= 4 is 22.2 Å². The van der Waals surface area contributed by atoms with Gasteiger partial charge in [-0.15, -0.1) is 11.3 Å². The molecule has 2 saturated heterocycles. The number of carbonyl (C=O) groups excluding carboxylic acids is 1. The first-order valence-corrected chi connectivity index (χ1v) is 9.39. The van der Waals surface area contributed by atoms with Crippen LogP contribution in [0.15, 0.2) is 17.5 Å². The summed E-state index contributed by atoms with van der Waals surface area (Å²) >= 11 is 1.79. The number of nitrogens with zero attached hydrogens (tertiary/aromatic N) is 2. The Bertz CT molecular complexity index is 462. The van der Waals surface area contributed by atoms with E-state index in [-0.39, 0.29) is 0 Å². The van der Waals surface area contributed by atoms with E-state index < -0.39 is 0 Å². The molecule has 1 N–H and O–H groups in total. The minimum atomic E-state index is 0.358. The predicted octanol–water partition coefficient (Wildman–Crippen LogP) is 2.42. The monoisotopic (exact) mass is 321 g/mol. The third-order valence-electron chi connectivity index (χ3n) is 5.14. The molecule has 1 atom stereocenters. The van der Waals surface area contributed by atoms with Crippen LogP contribution in [0.5, 0.6) is 0 Å². The van der Waals surface area contributed by atoms with Gasteiger partial charge in [-0.1, -0.05) is 6.92 Å². The highest BCUT2D eigenvalue weighted by Crippen LogP contribution is 2.26. The number of piperazine rings is 1. The topological polar surface area (TPSA) is 35.6 Å². The standard InChI is InChI=1S/C17H27N3OS/c1-14(15-4-6-18-7-5-15)13-16(21)19-8-10-20(11-9-19)17-3-2-12-22-17/h2-3,12,14-15,18H,4-11,13H2,1H3. The normalized spacial score (nSPS) is 21.9. The molecule has 5 heteroatoms. The summed E-state index contributed by atoms with van der Waals surface area (Å²) in [4.78, 5) is 17.0. The van der Waals surface area contributed by atoms with Gasteiger partial charge < -0.3 is 15.1 Å². The summed E-state index contributed by atoms with van der Waals surface area (Å²) in [5.74, 6) is 1.60. The Balaban J connectivity index is 1.45. The zero-order valence-corrected chi connectivity index (χ0v) is 14.3. The van der Waals surface area contributed by atoms with Crippen molar-refractivity contribution < 1.29 is 4.79 Å². The van der Waals surface area contributed by atoms with Crippen LogP contribution in [0.2, 0.25) is 0 Å². The van der Waals surface area contributed by atoms with Gasteiger partial charge in [-0.3, -0.25) is 4.79 Å². The molecule has 3 rings (SSSR count). The first-order valence-electron chi connectivity index (χ1n) is 8.51. The number of piperidine rings is 1. The van der Waals surface area contributed by atoms with Gasteiger partial charge in [0.15, 0.2) is 0 Å². The Morgan fingerprint density at radius 1 is 1.32 bits per heavy atom. The Labute approximate surface area is 137 Å². The summed E-state index contributed by atoms with van der Waals surface area (Å²) in [5, 5.41) is 6.85. The van der Waals surface area contributed by atoms with Crippen LogP contribution in [0.3, 0.4) is 0 Å². The van der Waals surface area contributed by atoms with Gasteiger partial charge in [0.25, 0.3) is 0 Å². The second-order valence-corrected chi connectivity index (χ2v) is 7.51. The van der Waals surface area contributed by atoms with Crippen molar-refractivity contribution in [1.82, 2.24) is 10.2 Å². The lowest BCUT2D eigenvalue weighted by atomic mass is 9.84. The smallest absolute Gasteiger partial charge is 0.222 e. The van der Waals surface area contributed by atoms with Gasteiger partial charge in [-0.05, 0) is 55.3 Å². The second kappa shape index (κ2) is 7.47. The lowest BCUT2D eigenvalue weighted by Gasteiger charge is -2.36. The number of anilines is 1. The first-order chi connectivity index (χ1) is 10.7. The van der Waals surface area contributed by atoms with E-state index in [2.05, 4.69) is 39.6 Å². The van der Waals surface area contributed by atoms with E-state index in [1.807, 2.05) is 0 Å². The van der Waals surface area contributed by atoms with E-state index >= 15 is 0 Å². The third-order valence-corrected chi connectivity index (χ3v) is 6.06. The molecule has 1 unspecified atom stereocenters. The van der Waals surface area contributed by atoms with Crippen molar-refractivity contribution in [2.24, 2.45) is 11.8 Å². The van der Waals surface area contributed by atoms with Gasteiger partial charge in [0.1, 0.15) is 0 Å². The average molecular weight is 321 g/mol. The zero-order chi connectivity index (χ0) is 15.4. The molecule has 3 heterocycles. The van der Waals surface area contributed by atoms with Crippen molar-refractivity contribution in [3.05, 3.63) is 17.5 Å². The molecule has 1 aromatic rings. The quantitative estimate of drug-likeness (QED) is 0.925. The van der Waals surface area contributed by atoms with Gasteiger partial charge in [0.05, 0.1) is 5.00 Å². The minimum absolute atomic E-state index is 0.358. The molecule has 0 bridgehead atoms. The molecule has 22 heavy (non-hydrogen) atoms. The predicted molar refractivity (Wildman–Crippen MR) is 92.5 cm³/mol. The van der Waals surface area contributed by atoms with Crippen LogP contribution in [0, 0.1) is 11.8 Å². The van der Waals surface area contributed by atoms with Crippen molar-refractivity contribution in [3.8, 4) is 0 Å². The van der Waals surface area contributed by atoms with Crippen LogP contribution in [0.4, 0.5) is 5.00 Å². The minimum Gasteiger partial charge on any atom is -0.360 e. The fraction of sp³-hybridized carbons (Fsp3) is 0.706. The maximum Gasteiger partial charge on any atom is 0.222 e. The van der Waals surface area contributed by atoms with Gasteiger partial charge in [-0.25, -0.2) is 0 Å². The number of carbonyl (C=O) groups is 1. The SMILES string of the molecule is CC(CC(=O)N1CCN(c2cccs2)CC1)C1CCNCC1. The number of amides is 1. The number of nitrogens with one attached hydrogen (secondary N) is 1. The zero-order valence-electron chi connectivity index (χ0n) is 13.5. The van der Waals surface area contributed by atoms with E-state index in [0.29, 0.717) is 11.8 Å². The van der Waals surface area contributed by atoms with E-state index in [4.69, 9.17) is 0 Å². The fourth-order valence-corrected chi connectivity index (χ4v) is 4.40. The number of rotatable bonds is 4. The van der Waals surface area contributed by atoms with Crippen LogP contribution < -0.4 is 10.2 Å². The average Bonchev–Trinajstić information content (AvgIpc) is 3.10. The van der Waals surface area contributed by atoms with Crippen LogP contribution in [-0.2, 0) is 4.79 Å². The lowest BCUT2D eigenvalue weighted by molar-refractivity contribution is -0.132. The van der Waals surface area contributed by atoms with Crippen LogP contribution in [-0.4, -0.2) is 50.1 Å². The Kier molecular flexibility index (Phi) is 5.37. The van der Waals surface area contributed by atoms with Gasteiger partial charge >= 0.3 is 0 Å². The van der Waals surface area contributed by atoms with Crippen LogP contribution in [0.1, 0.15) is 26.2 Å². The summed E-state index contributed by atoms with van der Waals surface area (Å²) in [7, 11) is 0. The molecule has 0 saturated carbocycles. The summed E-state index contributed by atoms with van der Waals surface area (Å²) in [6.45, 7) is 8.16. The van der Waals surface area contributed by atoms with Crippen molar-refractivity contribution in [3.63, 3.8) is 0 Å². The Morgan fingerprint density at radius 3 is 2.68 bits per heavy atom. The van der Waals surface area contributed by atoms with Gasteiger partial charge in [-0.2, -0.15) is 0 Å². The van der Waals surface area contributed by atoms with Crippen molar-refractivity contribution in [2.75, 3.05) is 44.2 Å². The molecule has 2 fully saturated rings.